The second-order valence-corrected chi connectivity index (χ2v) is 6.18. The quantitative estimate of drug-likeness (QED) is 0.833. The summed E-state index contributed by atoms with van der Waals surface area (Å²) in [5.74, 6) is 1.28. The van der Waals surface area contributed by atoms with Crippen LogP contribution in [0.2, 0.25) is 0 Å². The third-order valence-corrected chi connectivity index (χ3v) is 4.82. The number of carbonyl (C=O) groups excluding carboxylic acids is 1. The zero-order valence-corrected chi connectivity index (χ0v) is 11.7. The molecular weight excluding hydrogens is 242 g/mol. The second-order valence-electron chi connectivity index (χ2n) is 6.18. The van der Waals surface area contributed by atoms with E-state index in [0.717, 1.165) is 19.6 Å². The number of amides is 1. The minimum absolute atomic E-state index is 0.0832. The maximum absolute atomic E-state index is 12.7. The van der Waals surface area contributed by atoms with Gasteiger partial charge in [0.05, 0.1) is 0 Å². The summed E-state index contributed by atoms with van der Waals surface area (Å²) in [5, 5.41) is 7.50. The predicted octanol–water partition coefficient (Wildman–Crippen LogP) is 0.296. The van der Waals surface area contributed by atoms with Gasteiger partial charge < -0.3 is 10.2 Å². The number of hydrogen-bond acceptors (Lipinski definition) is 4. The van der Waals surface area contributed by atoms with Gasteiger partial charge >= 0.3 is 0 Å². The molecular formula is C13H21N5O. The Balaban J connectivity index is 1.81. The first-order valence-corrected chi connectivity index (χ1v) is 6.88. The van der Waals surface area contributed by atoms with Crippen molar-refractivity contribution in [3.05, 3.63) is 12.7 Å². The van der Waals surface area contributed by atoms with Crippen LogP contribution in [0.4, 0.5) is 0 Å². The van der Waals surface area contributed by atoms with E-state index in [2.05, 4.69) is 29.2 Å². The van der Waals surface area contributed by atoms with Crippen molar-refractivity contribution in [1.29, 1.82) is 0 Å². The Morgan fingerprint density at radius 2 is 2.26 bits per heavy atom. The highest BCUT2D eigenvalue weighted by Crippen LogP contribution is 2.41. The number of hydrogen-bond donors (Lipinski definition) is 1. The number of likely N-dealkylation sites (tertiary alicyclic amines) is 1. The Hall–Kier alpha value is -1.43. The zero-order valence-electron chi connectivity index (χ0n) is 11.7. The lowest BCUT2D eigenvalue weighted by Crippen LogP contribution is -2.49. The molecule has 0 saturated carbocycles. The molecule has 2 aliphatic rings. The van der Waals surface area contributed by atoms with Gasteiger partial charge in [0, 0.05) is 25.2 Å². The van der Waals surface area contributed by atoms with Gasteiger partial charge in [-0.2, -0.15) is 5.10 Å². The molecule has 0 aliphatic carbocycles. The zero-order chi connectivity index (χ0) is 13.6. The highest BCUT2D eigenvalue weighted by atomic mass is 16.2. The van der Waals surface area contributed by atoms with E-state index in [1.165, 1.54) is 6.33 Å². The first-order valence-electron chi connectivity index (χ1n) is 6.88. The smallest absolute Gasteiger partial charge is 0.247 e. The summed E-state index contributed by atoms with van der Waals surface area (Å²) in [6, 6.07) is -0.284. The minimum Gasteiger partial charge on any atom is -0.335 e. The Morgan fingerprint density at radius 1 is 1.47 bits per heavy atom. The van der Waals surface area contributed by atoms with Crippen LogP contribution in [0.15, 0.2) is 12.7 Å². The number of aromatic nitrogens is 3. The highest BCUT2D eigenvalue weighted by Gasteiger charge is 2.51. The molecule has 19 heavy (non-hydrogen) atoms. The van der Waals surface area contributed by atoms with Crippen LogP contribution in [0.25, 0.3) is 0 Å². The van der Waals surface area contributed by atoms with E-state index < -0.39 is 0 Å². The molecule has 6 nitrogen and oxygen atoms in total. The molecule has 3 heterocycles. The summed E-state index contributed by atoms with van der Waals surface area (Å²) in [7, 11) is 0. The van der Waals surface area contributed by atoms with Gasteiger partial charge in [0.1, 0.15) is 18.7 Å². The Morgan fingerprint density at radius 3 is 2.89 bits per heavy atom. The van der Waals surface area contributed by atoms with E-state index in [4.69, 9.17) is 0 Å². The molecule has 0 spiro atoms. The van der Waals surface area contributed by atoms with Crippen molar-refractivity contribution in [2.45, 2.75) is 32.4 Å². The molecule has 1 aromatic heterocycles. The molecule has 0 bridgehead atoms. The average Bonchev–Trinajstić information content (AvgIpc) is 3.06. The summed E-state index contributed by atoms with van der Waals surface area (Å²) < 4.78 is 1.63. The van der Waals surface area contributed by atoms with Crippen LogP contribution in [0.3, 0.4) is 0 Å². The average molecular weight is 263 g/mol. The van der Waals surface area contributed by atoms with Crippen molar-refractivity contribution in [2.75, 3.05) is 19.6 Å². The number of fused-ring (bicyclic) bond motifs is 1. The highest BCUT2D eigenvalue weighted by molar-refractivity contribution is 5.81. The van der Waals surface area contributed by atoms with Crippen LogP contribution in [0.1, 0.15) is 26.8 Å². The van der Waals surface area contributed by atoms with E-state index >= 15 is 0 Å². The molecule has 104 valence electrons. The van der Waals surface area contributed by atoms with Crippen LogP contribution < -0.4 is 5.32 Å². The van der Waals surface area contributed by atoms with E-state index in [1.54, 1.807) is 11.0 Å². The minimum atomic E-state index is -0.284. The molecule has 2 aliphatic heterocycles. The first kappa shape index (κ1) is 12.6. The summed E-state index contributed by atoms with van der Waals surface area (Å²) in [6.45, 7) is 9.13. The van der Waals surface area contributed by atoms with Gasteiger partial charge in [0.2, 0.25) is 5.91 Å². The molecule has 0 aromatic carbocycles. The van der Waals surface area contributed by atoms with Crippen molar-refractivity contribution < 1.29 is 4.79 Å². The Labute approximate surface area is 113 Å². The summed E-state index contributed by atoms with van der Waals surface area (Å²) in [6.07, 6.45) is 3.07. The number of rotatable bonds is 2. The molecule has 0 radical (unpaired) electrons. The molecule has 1 aromatic rings. The van der Waals surface area contributed by atoms with Crippen LogP contribution in [-0.2, 0) is 4.79 Å². The molecule has 2 fully saturated rings. The van der Waals surface area contributed by atoms with E-state index in [9.17, 15) is 4.79 Å². The molecule has 3 rings (SSSR count). The third-order valence-electron chi connectivity index (χ3n) is 4.82. The lowest BCUT2D eigenvalue weighted by Gasteiger charge is -2.37. The molecule has 1 amide bonds. The molecule has 1 N–H and O–H groups in total. The predicted molar refractivity (Wildman–Crippen MR) is 70.4 cm³/mol. The van der Waals surface area contributed by atoms with Crippen molar-refractivity contribution in [1.82, 2.24) is 25.0 Å². The van der Waals surface area contributed by atoms with Gasteiger partial charge in [-0.05, 0) is 32.6 Å². The first-order chi connectivity index (χ1) is 9.01. The fraction of sp³-hybridized carbons (Fsp3) is 0.769. The molecule has 2 saturated heterocycles. The van der Waals surface area contributed by atoms with E-state index in [0.29, 0.717) is 11.8 Å². The van der Waals surface area contributed by atoms with Crippen molar-refractivity contribution in [3.8, 4) is 0 Å². The molecule has 3 atom stereocenters. The topological polar surface area (TPSA) is 63.1 Å². The normalized spacial score (nSPS) is 30.4. The standard InChI is InChI=1S/C13H21N5O/c1-9(18-8-15-7-16-18)12(19)17-6-10-4-14-5-11(10)13(17,2)3/h7-11,14H,4-6H2,1-3H3. The number of carbonyl (C=O) groups is 1. The fourth-order valence-electron chi connectivity index (χ4n) is 3.55. The molecule has 6 heteroatoms. The van der Waals surface area contributed by atoms with Crippen LogP contribution in [0, 0.1) is 11.8 Å². The third kappa shape index (κ3) is 1.85. The SMILES string of the molecule is CC(C(=O)N1CC2CNCC2C1(C)C)n1cncn1. The van der Waals surface area contributed by atoms with Gasteiger partial charge in [-0.3, -0.25) is 4.79 Å². The van der Waals surface area contributed by atoms with E-state index in [-0.39, 0.29) is 17.5 Å². The van der Waals surface area contributed by atoms with Crippen LogP contribution >= 0.6 is 0 Å². The lowest BCUT2D eigenvalue weighted by molar-refractivity contribution is -0.138. The summed E-state index contributed by atoms with van der Waals surface area (Å²) >= 11 is 0. The maximum atomic E-state index is 12.7. The van der Waals surface area contributed by atoms with Crippen LogP contribution in [-0.4, -0.2) is 50.7 Å². The maximum Gasteiger partial charge on any atom is 0.247 e. The Bertz CT molecular complexity index is 469. The van der Waals surface area contributed by atoms with Gasteiger partial charge in [-0.25, -0.2) is 9.67 Å². The van der Waals surface area contributed by atoms with Gasteiger partial charge in [-0.15, -0.1) is 0 Å². The van der Waals surface area contributed by atoms with Crippen LogP contribution in [0.5, 0.6) is 0 Å². The summed E-state index contributed by atoms with van der Waals surface area (Å²) in [4.78, 5) is 18.7. The molecule has 3 unspecified atom stereocenters. The second kappa shape index (κ2) is 4.30. The Kier molecular flexibility index (Phi) is 2.85. The number of nitrogens with zero attached hydrogens (tertiary/aromatic N) is 4. The van der Waals surface area contributed by atoms with E-state index in [1.807, 2.05) is 11.8 Å². The van der Waals surface area contributed by atoms with Gasteiger partial charge in [0.15, 0.2) is 0 Å². The number of nitrogens with one attached hydrogen (secondary N) is 1. The largest absolute Gasteiger partial charge is 0.335 e. The fourth-order valence-corrected chi connectivity index (χ4v) is 3.55. The van der Waals surface area contributed by atoms with Crippen molar-refractivity contribution >= 4 is 5.91 Å². The van der Waals surface area contributed by atoms with Gasteiger partial charge in [0.25, 0.3) is 0 Å². The van der Waals surface area contributed by atoms with Crippen molar-refractivity contribution in [3.63, 3.8) is 0 Å². The monoisotopic (exact) mass is 263 g/mol. The lowest BCUT2D eigenvalue weighted by atomic mass is 9.85. The summed E-state index contributed by atoms with van der Waals surface area (Å²) in [5.41, 5.74) is -0.0832. The van der Waals surface area contributed by atoms with Crippen molar-refractivity contribution in [2.24, 2.45) is 11.8 Å². The van der Waals surface area contributed by atoms with Gasteiger partial charge in [-0.1, -0.05) is 0 Å².